The van der Waals surface area contributed by atoms with E-state index >= 15 is 0 Å². The number of aliphatic carboxylic acids is 1. The molecule has 0 bridgehead atoms. The predicted molar refractivity (Wildman–Crippen MR) is 42.3 cm³/mol. The first-order valence-corrected chi connectivity index (χ1v) is 3.29. The third-order valence-corrected chi connectivity index (χ3v) is 1.21. The maximum absolute atomic E-state index is 10.2. The molecule has 7 nitrogen and oxygen atoms in total. The molecule has 78 valence electrons. The van der Waals surface area contributed by atoms with E-state index in [4.69, 9.17) is 30.4 Å². The molecular weight excluding hydrogens is 183 g/mol. The van der Waals surface area contributed by atoms with E-state index in [2.05, 4.69) is 0 Å². The molecule has 0 aromatic carbocycles. The first kappa shape index (κ1) is 14.8. The molecular formula is C5H13BO7. The first-order chi connectivity index (χ1) is 5.80. The highest BCUT2D eigenvalue weighted by molar-refractivity contribution is 6.30. The molecule has 13 heavy (non-hydrogen) atoms. The van der Waals surface area contributed by atoms with Crippen LogP contribution in [-0.4, -0.2) is 56.9 Å². The lowest BCUT2D eigenvalue weighted by molar-refractivity contribution is -0.152. The zero-order valence-electron chi connectivity index (χ0n) is 7.08. The Morgan fingerprint density at radius 2 is 1.46 bits per heavy atom. The fourth-order valence-electron chi connectivity index (χ4n) is 0.185. The molecule has 0 saturated carbocycles. The van der Waals surface area contributed by atoms with Crippen LogP contribution in [0.4, 0.5) is 0 Å². The second-order valence-electron chi connectivity index (χ2n) is 2.53. The minimum Gasteiger partial charge on any atom is -0.481 e. The van der Waals surface area contributed by atoms with E-state index in [0.717, 1.165) is 0 Å². The number of carboxylic acids is 1. The minimum absolute atomic E-state index is 0.543. The van der Waals surface area contributed by atoms with E-state index < -0.39 is 31.9 Å². The molecule has 0 aliphatic rings. The van der Waals surface area contributed by atoms with Gasteiger partial charge >= 0.3 is 13.3 Å². The number of rotatable bonds is 3. The number of aliphatic hydroxyl groups excluding tert-OH is 2. The van der Waals surface area contributed by atoms with Crippen molar-refractivity contribution < 1.29 is 35.2 Å². The molecule has 0 aromatic heterocycles. The highest BCUT2D eigenvalue weighted by Crippen LogP contribution is 2.12. The fraction of sp³-hybridized carbons (Fsp3) is 0.800. The van der Waals surface area contributed by atoms with Crippen molar-refractivity contribution in [2.24, 2.45) is 5.41 Å². The summed E-state index contributed by atoms with van der Waals surface area (Å²) in [5.41, 5.74) is -1.39. The van der Waals surface area contributed by atoms with Crippen LogP contribution in [0.2, 0.25) is 0 Å². The van der Waals surface area contributed by atoms with Gasteiger partial charge in [-0.2, -0.15) is 0 Å². The average molecular weight is 196 g/mol. The Morgan fingerprint density at radius 3 is 1.46 bits per heavy atom. The van der Waals surface area contributed by atoms with Gasteiger partial charge in [-0.1, -0.05) is 0 Å². The third-order valence-electron chi connectivity index (χ3n) is 1.21. The Hall–Kier alpha value is -0.665. The number of aliphatic hydroxyl groups is 2. The summed E-state index contributed by atoms with van der Waals surface area (Å²) in [5.74, 6) is -1.19. The first-order valence-electron chi connectivity index (χ1n) is 3.29. The Bertz CT molecular complexity index is 141. The fourth-order valence-corrected chi connectivity index (χ4v) is 0.185. The van der Waals surface area contributed by atoms with Crippen LogP contribution in [0, 0.1) is 5.41 Å². The largest absolute Gasteiger partial charge is 0.631 e. The van der Waals surface area contributed by atoms with Crippen LogP contribution in [-0.2, 0) is 4.79 Å². The maximum Gasteiger partial charge on any atom is 0.631 e. The SMILES string of the molecule is CC(CO)(CO)C(=O)O.OB(O)O. The summed E-state index contributed by atoms with van der Waals surface area (Å²) >= 11 is 0. The van der Waals surface area contributed by atoms with Gasteiger partial charge in [0.05, 0.1) is 13.2 Å². The van der Waals surface area contributed by atoms with Crippen molar-refractivity contribution >= 4 is 13.3 Å². The van der Waals surface area contributed by atoms with Crippen molar-refractivity contribution in [1.82, 2.24) is 0 Å². The minimum atomic E-state index is -2.17. The highest BCUT2D eigenvalue weighted by atomic mass is 16.5. The van der Waals surface area contributed by atoms with E-state index in [1.165, 1.54) is 6.92 Å². The summed E-state index contributed by atoms with van der Waals surface area (Å²) in [7, 11) is -2.17. The summed E-state index contributed by atoms with van der Waals surface area (Å²) in [6.45, 7) is 0.187. The third kappa shape index (κ3) is 7.69. The topological polar surface area (TPSA) is 138 Å². The molecule has 6 N–H and O–H groups in total. The van der Waals surface area contributed by atoms with Gasteiger partial charge < -0.3 is 30.4 Å². The second kappa shape index (κ2) is 6.81. The quantitative estimate of drug-likeness (QED) is 0.264. The number of carboxylic acid groups (broad SMARTS) is 1. The van der Waals surface area contributed by atoms with E-state index in [9.17, 15) is 4.79 Å². The molecule has 0 amide bonds. The van der Waals surface area contributed by atoms with Crippen LogP contribution < -0.4 is 0 Å². The van der Waals surface area contributed by atoms with Crippen LogP contribution in [0.15, 0.2) is 0 Å². The van der Waals surface area contributed by atoms with Gasteiger partial charge in [-0.05, 0) is 6.92 Å². The van der Waals surface area contributed by atoms with Gasteiger partial charge in [0.1, 0.15) is 5.41 Å². The number of hydrogen-bond donors (Lipinski definition) is 6. The molecule has 0 radical (unpaired) electrons. The predicted octanol–water partition coefficient (Wildman–Crippen LogP) is -2.99. The van der Waals surface area contributed by atoms with Crippen molar-refractivity contribution in [2.75, 3.05) is 13.2 Å². The van der Waals surface area contributed by atoms with Gasteiger partial charge in [0.2, 0.25) is 0 Å². The lowest BCUT2D eigenvalue weighted by Gasteiger charge is -2.17. The van der Waals surface area contributed by atoms with E-state index in [0.29, 0.717) is 0 Å². The summed E-state index contributed by atoms with van der Waals surface area (Å²) in [5, 5.41) is 46.6. The molecule has 0 rings (SSSR count). The van der Waals surface area contributed by atoms with Gasteiger partial charge in [0.15, 0.2) is 0 Å². The van der Waals surface area contributed by atoms with Crippen LogP contribution in [0.25, 0.3) is 0 Å². The van der Waals surface area contributed by atoms with Gasteiger partial charge in [-0.15, -0.1) is 0 Å². The maximum atomic E-state index is 10.2. The molecule has 0 saturated heterocycles. The number of hydrogen-bond acceptors (Lipinski definition) is 6. The van der Waals surface area contributed by atoms with Crippen molar-refractivity contribution in [1.29, 1.82) is 0 Å². The van der Waals surface area contributed by atoms with E-state index in [1.807, 2.05) is 0 Å². The standard InChI is InChI=1S/C5H10O4.BH3O3/c1-5(2-6,3-7)4(8)9;2-1(3)4/h6-7H,2-3H2,1H3,(H,8,9);2-4H. The van der Waals surface area contributed by atoms with Gasteiger partial charge in [0, 0.05) is 0 Å². The van der Waals surface area contributed by atoms with Gasteiger partial charge in [-0.25, -0.2) is 0 Å². The Morgan fingerprint density at radius 1 is 1.23 bits per heavy atom. The summed E-state index contributed by atoms with van der Waals surface area (Å²) < 4.78 is 0. The van der Waals surface area contributed by atoms with Gasteiger partial charge in [-0.3, -0.25) is 4.79 Å². The zero-order chi connectivity index (χ0) is 11.1. The number of carbonyl (C=O) groups is 1. The van der Waals surface area contributed by atoms with Crippen molar-refractivity contribution in [3.8, 4) is 0 Å². The molecule has 0 aromatic rings. The summed E-state index contributed by atoms with van der Waals surface area (Å²) in [4.78, 5) is 10.2. The summed E-state index contributed by atoms with van der Waals surface area (Å²) in [6.07, 6.45) is 0. The van der Waals surface area contributed by atoms with Crippen LogP contribution in [0.3, 0.4) is 0 Å². The van der Waals surface area contributed by atoms with Crippen LogP contribution in [0.1, 0.15) is 6.92 Å². The smallest absolute Gasteiger partial charge is 0.481 e. The van der Waals surface area contributed by atoms with Gasteiger partial charge in [0.25, 0.3) is 0 Å². The van der Waals surface area contributed by atoms with Crippen LogP contribution in [0.5, 0.6) is 0 Å². The van der Waals surface area contributed by atoms with Crippen molar-refractivity contribution in [3.05, 3.63) is 0 Å². The van der Waals surface area contributed by atoms with E-state index in [-0.39, 0.29) is 0 Å². The molecule has 0 aliphatic heterocycles. The molecule has 0 atom stereocenters. The molecule has 0 fully saturated rings. The van der Waals surface area contributed by atoms with Crippen LogP contribution >= 0.6 is 0 Å². The Kier molecular flexibility index (Phi) is 7.77. The van der Waals surface area contributed by atoms with Crippen molar-refractivity contribution in [3.63, 3.8) is 0 Å². The highest BCUT2D eigenvalue weighted by Gasteiger charge is 2.31. The second-order valence-corrected chi connectivity index (χ2v) is 2.53. The normalized spacial score (nSPS) is 10.0. The molecule has 0 spiro atoms. The average Bonchev–Trinajstić information content (AvgIpc) is 2.01. The molecule has 0 heterocycles. The monoisotopic (exact) mass is 196 g/mol. The molecule has 8 heteroatoms. The lowest BCUT2D eigenvalue weighted by Crippen LogP contribution is -2.35. The Labute approximate surface area is 75.1 Å². The summed E-state index contributed by atoms with van der Waals surface area (Å²) in [6, 6.07) is 0. The van der Waals surface area contributed by atoms with E-state index in [1.54, 1.807) is 0 Å². The molecule has 0 aliphatic carbocycles. The van der Waals surface area contributed by atoms with Crippen molar-refractivity contribution in [2.45, 2.75) is 6.92 Å². The molecule has 0 unspecified atom stereocenters. The lowest BCUT2D eigenvalue weighted by atomic mass is 9.94. The Balaban J connectivity index is 0. The zero-order valence-corrected chi connectivity index (χ0v) is 7.08.